The predicted octanol–water partition coefficient (Wildman–Crippen LogP) is 2.97. The van der Waals surface area contributed by atoms with Gasteiger partial charge in [-0.05, 0) is 44.4 Å². The molecular formula is C20H24O5. The lowest BCUT2D eigenvalue weighted by Crippen LogP contribution is -2.48. The first-order valence-corrected chi connectivity index (χ1v) is 8.56. The summed E-state index contributed by atoms with van der Waals surface area (Å²) in [4.78, 5) is 24.5. The molecule has 0 spiro atoms. The standard InChI is InChI=1S/C20H24O5/c1-6-10(2)18(22)25-17-16-12(4)19(23)24-15(16)9-13-8-14(21)7-11(3)20(13,17)5/h6,8-9,11,17,19,23H,7H2,1-5H3/b10-6-/t11-,17+,19?,20+/m0/s1. The van der Waals surface area contributed by atoms with Crippen molar-refractivity contribution >= 4 is 11.8 Å². The maximum Gasteiger partial charge on any atom is 0.334 e. The molecule has 0 aromatic rings. The Labute approximate surface area is 147 Å². The highest BCUT2D eigenvalue weighted by atomic mass is 16.6. The number of carbonyl (C=O) groups excluding carboxylic acids is 2. The molecule has 0 radical (unpaired) electrons. The van der Waals surface area contributed by atoms with Gasteiger partial charge in [0.1, 0.15) is 11.9 Å². The minimum atomic E-state index is -1.05. The van der Waals surface area contributed by atoms with Gasteiger partial charge in [0.05, 0.1) is 0 Å². The number of hydrogen-bond donors (Lipinski definition) is 1. The van der Waals surface area contributed by atoms with Gasteiger partial charge in [-0.1, -0.05) is 19.9 Å². The van der Waals surface area contributed by atoms with Crippen LogP contribution in [0, 0.1) is 11.3 Å². The molecular weight excluding hydrogens is 320 g/mol. The molecule has 1 unspecified atom stereocenters. The third-order valence-corrected chi connectivity index (χ3v) is 5.84. The van der Waals surface area contributed by atoms with E-state index in [4.69, 9.17) is 9.47 Å². The summed E-state index contributed by atoms with van der Waals surface area (Å²) < 4.78 is 11.4. The Kier molecular flexibility index (Phi) is 4.23. The van der Waals surface area contributed by atoms with E-state index in [9.17, 15) is 14.7 Å². The Hall–Kier alpha value is -2.14. The van der Waals surface area contributed by atoms with Crippen molar-refractivity contribution in [1.29, 1.82) is 0 Å². The number of carbonyl (C=O) groups is 2. The summed E-state index contributed by atoms with van der Waals surface area (Å²) in [6.45, 7) is 9.27. The van der Waals surface area contributed by atoms with E-state index in [0.29, 0.717) is 28.9 Å². The molecule has 134 valence electrons. The molecule has 0 aromatic heterocycles. The maximum atomic E-state index is 12.5. The quantitative estimate of drug-likeness (QED) is 0.616. The smallest absolute Gasteiger partial charge is 0.334 e. The fraction of sp³-hybridized carbons (Fsp3) is 0.500. The van der Waals surface area contributed by atoms with Gasteiger partial charge in [-0.2, -0.15) is 0 Å². The van der Waals surface area contributed by atoms with E-state index in [-0.39, 0.29) is 11.7 Å². The number of esters is 1. The van der Waals surface area contributed by atoms with Gasteiger partial charge < -0.3 is 14.6 Å². The van der Waals surface area contributed by atoms with Crippen LogP contribution in [0.15, 0.2) is 46.3 Å². The van der Waals surface area contributed by atoms with E-state index in [2.05, 4.69) is 0 Å². The van der Waals surface area contributed by atoms with Gasteiger partial charge in [0.2, 0.25) is 6.29 Å². The van der Waals surface area contributed by atoms with Gasteiger partial charge in [-0.15, -0.1) is 0 Å². The molecule has 0 fully saturated rings. The van der Waals surface area contributed by atoms with Crippen molar-refractivity contribution in [3.63, 3.8) is 0 Å². The molecule has 0 saturated carbocycles. The van der Waals surface area contributed by atoms with Gasteiger partial charge in [-0.25, -0.2) is 4.79 Å². The summed E-state index contributed by atoms with van der Waals surface area (Å²) in [6.07, 6.45) is 3.85. The number of aliphatic hydroxyl groups excluding tert-OH is 1. The minimum absolute atomic E-state index is 0.0143. The summed E-state index contributed by atoms with van der Waals surface area (Å²) in [5, 5.41) is 10.1. The average Bonchev–Trinajstić information content (AvgIpc) is 2.83. The molecule has 25 heavy (non-hydrogen) atoms. The summed E-state index contributed by atoms with van der Waals surface area (Å²) >= 11 is 0. The Bertz CT molecular complexity index is 767. The highest BCUT2D eigenvalue weighted by Crippen LogP contribution is 2.54. The van der Waals surface area contributed by atoms with E-state index >= 15 is 0 Å². The summed E-state index contributed by atoms with van der Waals surface area (Å²) in [6, 6.07) is 0. The van der Waals surface area contributed by atoms with Gasteiger partial charge >= 0.3 is 5.97 Å². The highest BCUT2D eigenvalue weighted by molar-refractivity contribution is 5.93. The number of ether oxygens (including phenoxy) is 2. The fourth-order valence-electron chi connectivity index (χ4n) is 3.78. The second kappa shape index (κ2) is 5.99. The lowest BCUT2D eigenvalue weighted by atomic mass is 9.59. The van der Waals surface area contributed by atoms with Crippen molar-refractivity contribution in [2.24, 2.45) is 11.3 Å². The van der Waals surface area contributed by atoms with E-state index in [0.717, 1.165) is 5.57 Å². The maximum absolute atomic E-state index is 12.5. The number of allylic oxidation sites excluding steroid dienone is 3. The van der Waals surface area contributed by atoms with Crippen LogP contribution in [0.1, 0.15) is 41.0 Å². The van der Waals surface area contributed by atoms with E-state index < -0.39 is 23.8 Å². The van der Waals surface area contributed by atoms with E-state index in [1.165, 1.54) is 0 Å². The number of fused-ring (bicyclic) bond motifs is 2. The number of ketones is 1. The molecule has 0 aromatic carbocycles. The van der Waals surface area contributed by atoms with Crippen LogP contribution in [0.2, 0.25) is 0 Å². The number of aliphatic hydroxyl groups is 1. The molecule has 5 nitrogen and oxygen atoms in total. The van der Waals surface area contributed by atoms with Crippen LogP contribution in [0.25, 0.3) is 0 Å². The van der Waals surface area contributed by atoms with Crippen LogP contribution in [0.3, 0.4) is 0 Å². The van der Waals surface area contributed by atoms with Gasteiger partial charge in [0.25, 0.3) is 0 Å². The van der Waals surface area contributed by atoms with Crippen molar-refractivity contribution in [2.45, 2.75) is 53.4 Å². The molecule has 1 N–H and O–H groups in total. The van der Waals surface area contributed by atoms with Crippen LogP contribution in [0.5, 0.6) is 0 Å². The molecule has 2 aliphatic carbocycles. The number of hydrogen-bond acceptors (Lipinski definition) is 5. The largest absolute Gasteiger partial charge is 0.461 e. The Morgan fingerprint density at radius 2 is 2.12 bits per heavy atom. The molecule has 4 atom stereocenters. The van der Waals surface area contributed by atoms with Crippen LogP contribution in [-0.4, -0.2) is 29.3 Å². The lowest BCUT2D eigenvalue weighted by molar-refractivity contribution is -0.149. The monoisotopic (exact) mass is 344 g/mol. The van der Waals surface area contributed by atoms with Crippen LogP contribution in [0.4, 0.5) is 0 Å². The topological polar surface area (TPSA) is 72.8 Å². The van der Waals surface area contributed by atoms with Gasteiger partial charge in [0, 0.05) is 28.6 Å². The normalized spacial score (nSPS) is 34.7. The van der Waals surface area contributed by atoms with Crippen LogP contribution in [-0.2, 0) is 19.1 Å². The summed E-state index contributed by atoms with van der Waals surface area (Å²) in [7, 11) is 0. The van der Waals surface area contributed by atoms with Gasteiger partial charge in [0.15, 0.2) is 5.78 Å². The Morgan fingerprint density at radius 1 is 1.44 bits per heavy atom. The molecule has 1 aliphatic heterocycles. The first kappa shape index (κ1) is 17.7. The second-order valence-electron chi connectivity index (χ2n) is 7.29. The number of rotatable bonds is 2. The zero-order chi connectivity index (χ0) is 18.5. The Morgan fingerprint density at radius 3 is 2.76 bits per heavy atom. The second-order valence-corrected chi connectivity index (χ2v) is 7.29. The van der Waals surface area contributed by atoms with Crippen molar-refractivity contribution in [1.82, 2.24) is 0 Å². The lowest BCUT2D eigenvalue weighted by Gasteiger charge is -2.47. The van der Waals surface area contributed by atoms with E-state index in [1.807, 2.05) is 13.8 Å². The predicted molar refractivity (Wildman–Crippen MR) is 92.2 cm³/mol. The molecule has 0 bridgehead atoms. The van der Waals surface area contributed by atoms with Crippen LogP contribution < -0.4 is 0 Å². The zero-order valence-electron chi connectivity index (χ0n) is 15.3. The summed E-state index contributed by atoms with van der Waals surface area (Å²) in [5.74, 6) is 0.112. The van der Waals surface area contributed by atoms with Crippen molar-refractivity contribution < 1.29 is 24.2 Å². The third-order valence-electron chi connectivity index (χ3n) is 5.84. The van der Waals surface area contributed by atoms with Crippen molar-refractivity contribution in [3.05, 3.63) is 46.3 Å². The molecule has 0 saturated heterocycles. The van der Waals surface area contributed by atoms with Crippen LogP contribution >= 0.6 is 0 Å². The third kappa shape index (κ3) is 2.58. The molecule has 3 aliphatic rings. The average molecular weight is 344 g/mol. The first-order chi connectivity index (χ1) is 11.7. The molecule has 1 heterocycles. The molecule has 3 rings (SSSR count). The van der Waals surface area contributed by atoms with Crippen molar-refractivity contribution in [2.75, 3.05) is 0 Å². The zero-order valence-corrected chi connectivity index (χ0v) is 15.3. The highest BCUT2D eigenvalue weighted by Gasteiger charge is 2.54. The van der Waals surface area contributed by atoms with E-state index in [1.54, 1.807) is 39.0 Å². The fourth-order valence-corrected chi connectivity index (χ4v) is 3.78. The van der Waals surface area contributed by atoms with Crippen molar-refractivity contribution in [3.8, 4) is 0 Å². The minimum Gasteiger partial charge on any atom is -0.461 e. The SMILES string of the molecule is C/C=C(/C)C(=O)O[C@@H]1C2=C(C)C(O)OC2=CC2=CC(=O)C[C@H](C)[C@]21C. The first-order valence-electron chi connectivity index (χ1n) is 8.56. The summed E-state index contributed by atoms with van der Waals surface area (Å²) in [5.41, 5.74) is 2.11. The molecule has 5 heteroatoms. The van der Waals surface area contributed by atoms with Gasteiger partial charge in [-0.3, -0.25) is 4.79 Å². The Balaban J connectivity index is 2.17. The molecule has 0 amide bonds.